The second-order valence-electron chi connectivity index (χ2n) is 6.05. The topological polar surface area (TPSA) is 43.1 Å². The Hall–Kier alpha value is -1.97. The minimum Gasteiger partial charge on any atom is -0.261 e. The van der Waals surface area contributed by atoms with Gasteiger partial charge in [-0.15, -0.1) is 0 Å². The Bertz CT molecular complexity index is 778. The summed E-state index contributed by atoms with van der Waals surface area (Å²) < 4.78 is 1.94. The molecular weight excluding hydrogens is 236 g/mol. The molecule has 0 fully saturated rings. The molecule has 0 N–H and O–H groups in total. The van der Waals surface area contributed by atoms with Gasteiger partial charge in [0.2, 0.25) is 0 Å². The van der Waals surface area contributed by atoms with E-state index in [0.717, 1.165) is 33.5 Å². The average molecular weight is 254 g/mol. The Labute approximate surface area is 112 Å². The van der Waals surface area contributed by atoms with E-state index in [1.165, 1.54) is 0 Å². The van der Waals surface area contributed by atoms with E-state index in [1.807, 2.05) is 29.9 Å². The first-order chi connectivity index (χ1) is 8.89. The highest BCUT2D eigenvalue weighted by Gasteiger charge is 2.23. The second kappa shape index (κ2) is 3.76. The van der Waals surface area contributed by atoms with Gasteiger partial charge in [0.1, 0.15) is 0 Å². The van der Waals surface area contributed by atoms with Crippen LogP contribution in [0.15, 0.2) is 18.5 Å². The van der Waals surface area contributed by atoms with Crippen LogP contribution in [0.2, 0.25) is 0 Å². The number of hydrogen-bond acceptors (Lipinski definition) is 3. The first-order valence-electron chi connectivity index (χ1n) is 6.50. The molecule has 0 aliphatic heterocycles. The van der Waals surface area contributed by atoms with Gasteiger partial charge in [-0.3, -0.25) is 4.98 Å². The highest BCUT2D eigenvalue weighted by molar-refractivity contribution is 5.82. The van der Waals surface area contributed by atoms with Gasteiger partial charge in [-0.25, -0.2) is 9.50 Å². The molecule has 3 aromatic rings. The number of rotatable bonds is 0. The fourth-order valence-electron chi connectivity index (χ4n) is 2.55. The molecule has 0 saturated carbocycles. The largest absolute Gasteiger partial charge is 0.261 e. The van der Waals surface area contributed by atoms with Crippen molar-refractivity contribution >= 4 is 16.6 Å². The predicted octanol–water partition coefficient (Wildman–Crippen LogP) is 3.19. The SMILES string of the molecule is Cc1nccc2c1cnc1c(C)c(C(C)(C)C)nn12. The van der Waals surface area contributed by atoms with Gasteiger partial charge < -0.3 is 0 Å². The van der Waals surface area contributed by atoms with E-state index in [9.17, 15) is 0 Å². The van der Waals surface area contributed by atoms with Gasteiger partial charge in [0.05, 0.1) is 11.2 Å². The number of aryl methyl sites for hydroxylation is 2. The molecule has 19 heavy (non-hydrogen) atoms. The Morgan fingerprint density at radius 3 is 2.53 bits per heavy atom. The quantitative estimate of drug-likeness (QED) is 0.618. The van der Waals surface area contributed by atoms with Crippen LogP contribution in [-0.2, 0) is 5.41 Å². The first-order valence-corrected chi connectivity index (χ1v) is 6.50. The first kappa shape index (κ1) is 12.1. The molecule has 0 radical (unpaired) electrons. The minimum absolute atomic E-state index is 0.0200. The van der Waals surface area contributed by atoms with Crippen molar-refractivity contribution < 1.29 is 0 Å². The molecule has 0 saturated heterocycles. The van der Waals surface area contributed by atoms with Crippen molar-refractivity contribution in [2.45, 2.75) is 40.0 Å². The van der Waals surface area contributed by atoms with E-state index in [1.54, 1.807) is 0 Å². The van der Waals surface area contributed by atoms with Crippen LogP contribution in [0.3, 0.4) is 0 Å². The molecule has 0 bridgehead atoms. The van der Waals surface area contributed by atoms with Gasteiger partial charge in [-0.2, -0.15) is 5.10 Å². The third-order valence-electron chi connectivity index (χ3n) is 3.51. The number of aromatic nitrogens is 4. The predicted molar refractivity (Wildman–Crippen MR) is 76.5 cm³/mol. The highest BCUT2D eigenvalue weighted by Crippen LogP contribution is 2.28. The minimum atomic E-state index is 0.0200. The van der Waals surface area contributed by atoms with Gasteiger partial charge >= 0.3 is 0 Å². The molecule has 0 aliphatic carbocycles. The lowest BCUT2D eigenvalue weighted by molar-refractivity contribution is 0.560. The fourth-order valence-corrected chi connectivity index (χ4v) is 2.55. The van der Waals surface area contributed by atoms with Crippen LogP contribution in [0.25, 0.3) is 16.6 Å². The maximum absolute atomic E-state index is 4.78. The maximum atomic E-state index is 4.78. The van der Waals surface area contributed by atoms with Gasteiger partial charge in [-0.1, -0.05) is 20.8 Å². The van der Waals surface area contributed by atoms with Crippen LogP contribution in [-0.4, -0.2) is 19.6 Å². The van der Waals surface area contributed by atoms with Crippen LogP contribution in [0.5, 0.6) is 0 Å². The van der Waals surface area contributed by atoms with Gasteiger partial charge in [-0.05, 0) is 19.9 Å². The number of pyridine rings is 1. The zero-order chi connectivity index (χ0) is 13.8. The fraction of sp³-hybridized carbons (Fsp3) is 0.400. The number of fused-ring (bicyclic) bond motifs is 3. The normalized spacial score (nSPS) is 12.5. The van der Waals surface area contributed by atoms with E-state index in [4.69, 9.17) is 5.10 Å². The standard InChI is InChI=1S/C15H18N4/c1-9-13(15(3,4)5)18-19-12-6-7-16-10(2)11(12)8-17-14(9)19/h6-8H,1-5H3. The van der Waals surface area contributed by atoms with Crippen molar-refractivity contribution in [1.29, 1.82) is 0 Å². The summed E-state index contributed by atoms with van der Waals surface area (Å²) in [6.07, 6.45) is 3.72. The van der Waals surface area contributed by atoms with Crippen LogP contribution in [0, 0.1) is 13.8 Å². The second-order valence-corrected chi connectivity index (χ2v) is 6.05. The summed E-state index contributed by atoms with van der Waals surface area (Å²) in [6, 6.07) is 2.00. The Balaban J connectivity index is 2.47. The summed E-state index contributed by atoms with van der Waals surface area (Å²) in [7, 11) is 0. The van der Waals surface area contributed by atoms with E-state index >= 15 is 0 Å². The smallest absolute Gasteiger partial charge is 0.158 e. The van der Waals surface area contributed by atoms with Crippen molar-refractivity contribution in [3.63, 3.8) is 0 Å². The molecule has 0 unspecified atom stereocenters. The number of hydrogen-bond donors (Lipinski definition) is 0. The molecule has 0 spiro atoms. The zero-order valence-electron chi connectivity index (χ0n) is 12.0. The molecular formula is C15H18N4. The van der Waals surface area contributed by atoms with Crippen LogP contribution in [0.1, 0.15) is 37.7 Å². The van der Waals surface area contributed by atoms with E-state index in [-0.39, 0.29) is 5.41 Å². The summed E-state index contributed by atoms with van der Waals surface area (Å²) in [5.74, 6) is 0. The lowest BCUT2D eigenvalue weighted by Crippen LogP contribution is -2.13. The van der Waals surface area contributed by atoms with Crippen LogP contribution in [0.4, 0.5) is 0 Å². The maximum Gasteiger partial charge on any atom is 0.158 e. The van der Waals surface area contributed by atoms with Gasteiger partial charge in [0.15, 0.2) is 5.65 Å². The molecule has 3 heterocycles. The van der Waals surface area contributed by atoms with E-state index in [2.05, 4.69) is 37.7 Å². The summed E-state index contributed by atoms with van der Waals surface area (Å²) in [6.45, 7) is 10.6. The van der Waals surface area contributed by atoms with Crippen molar-refractivity contribution in [1.82, 2.24) is 19.6 Å². The molecule has 0 atom stereocenters. The molecule has 4 nitrogen and oxygen atoms in total. The van der Waals surface area contributed by atoms with Crippen LogP contribution < -0.4 is 0 Å². The van der Waals surface area contributed by atoms with Crippen molar-refractivity contribution in [3.05, 3.63) is 35.4 Å². The Morgan fingerprint density at radius 2 is 1.84 bits per heavy atom. The van der Waals surface area contributed by atoms with E-state index in [0.29, 0.717) is 0 Å². The molecule has 3 rings (SSSR count). The van der Waals surface area contributed by atoms with E-state index < -0.39 is 0 Å². The third-order valence-corrected chi connectivity index (χ3v) is 3.51. The van der Waals surface area contributed by atoms with Crippen molar-refractivity contribution in [2.75, 3.05) is 0 Å². The monoisotopic (exact) mass is 254 g/mol. The summed E-state index contributed by atoms with van der Waals surface area (Å²) in [5.41, 5.74) is 5.26. The average Bonchev–Trinajstić information content (AvgIpc) is 2.68. The summed E-state index contributed by atoms with van der Waals surface area (Å²) >= 11 is 0. The summed E-state index contributed by atoms with van der Waals surface area (Å²) in [5, 5.41) is 5.83. The third kappa shape index (κ3) is 1.70. The molecule has 0 aliphatic rings. The van der Waals surface area contributed by atoms with Gasteiger partial charge in [0, 0.05) is 34.5 Å². The van der Waals surface area contributed by atoms with Crippen molar-refractivity contribution in [3.8, 4) is 0 Å². The lowest BCUT2D eigenvalue weighted by atomic mass is 9.90. The number of nitrogens with zero attached hydrogens (tertiary/aromatic N) is 4. The zero-order valence-corrected chi connectivity index (χ0v) is 12.0. The van der Waals surface area contributed by atoms with Crippen LogP contribution >= 0.6 is 0 Å². The Kier molecular flexibility index (Phi) is 2.39. The molecule has 0 aromatic carbocycles. The molecule has 98 valence electrons. The molecule has 3 aromatic heterocycles. The molecule has 4 heteroatoms. The lowest BCUT2D eigenvalue weighted by Gasteiger charge is -2.15. The molecule has 0 amide bonds. The Morgan fingerprint density at radius 1 is 1.11 bits per heavy atom. The van der Waals surface area contributed by atoms with Gasteiger partial charge in [0.25, 0.3) is 0 Å². The van der Waals surface area contributed by atoms with Crippen molar-refractivity contribution in [2.24, 2.45) is 0 Å². The summed E-state index contributed by atoms with van der Waals surface area (Å²) in [4.78, 5) is 8.88. The highest BCUT2D eigenvalue weighted by atomic mass is 15.3.